The zero-order chi connectivity index (χ0) is 15.8. The molecule has 2 fully saturated rings. The third kappa shape index (κ3) is 3.81. The fraction of sp³-hybridized carbons (Fsp3) is 0.941. The molecule has 2 saturated heterocycles. The first-order chi connectivity index (χ1) is 10.4. The predicted molar refractivity (Wildman–Crippen MR) is 92.1 cm³/mol. The minimum Gasteiger partial charge on any atom is -0.386 e. The maximum atomic E-state index is 6.19. The summed E-state index contributed by atoms with van der Waals surface area (Å²) >= 11 is 0. The van der Waals surface area contributed by atoms with E-state index in [1.54, 1.807) is 0 Å². The normalized spacial score (nSPS) is 30.4. The maximum absolute atomic E-state index is 6.19. The molecule has 0 aromatic heterocycles. The number of hydrogen-bond donors (Lipinski definition) is 1. The Kier molecular flexibility index (Phi) is 4.49. The number of hydrogen-bond acceptors (Lipinski definition) is 5. The van der Waals surface area contributed by atoms with Crippen molar-refractivity contribution >= 4 is 5.84 Å². The van der Waals surface area contributed by atoms with Crippen LogP contribution in [0.15, 0.2) is 4.99 Å². The van der Waals surface area contributed by atoms with E-state index in [-0.39, 0.29) is 5.54 Å². The van der Waals surface area contributed by atoms with Crippen molar-refractivity contribution in [3.05, 3.63) is 0 Å². The average molecular weight is 307 g/mol. The molecule has 5 heteroatoms. The Morgan fingerprint density at radius 1 is 1.00 bits per heavy atom. The summed E-state index contributed by atoms with van der Waals surface area (Å²) in [4.78, 5) is 12.4. The van der Waals surface area contributed by atoms with Crippen molar-refractivity contribution in [3.63, 3.8) is 0 Å². The number of rotatable bonds is 2. The molecule has 2 N–H and O–H groups in total. The molecule has 0 aromatic rings. The number of nitrogens with two attached hydrogens (primary N) is 1. The first-order valence-electron chi connectivity index (χ1n) is 8.83. The van der Waals surface area contributed by atoms with Gasteiger partial charge in [-0.25, -0.2) is 0 Å². The number of piperidine rings is 2. The molecule has 0 radical (unpaired) electrons. The maximum Gasteiger partial charge on any atom is 0.109 e. The Morgan fingerprint density at radius 3 is 2.27 bits per heavy atom. The van der Waals surface area contributed by atoms with Gasteiger partial charge in [0.25, 0.3) is 0 Å². The fourth-order valence-electron chi connectivity index (χ4n) is 4.06. The van der Waals surface area contributed by atoms with Crippen LogP contribution >= 0.6 is 0 Å². The van der Waals surface area contributed by atoms with Crippen LogP contribution in [-0.4, -0.2) is 79.1 Å². The Labute approximate surface area is 135 Å². The largest absolute Gasteiger partial charge is 0.386 e. The van der Waals surface area contributed by atoms with E-state index in [2.05, 4.69) is 35.6 Å². The molecule has 5 nitrogen and oxygen atoms in total. The summed E-state index contributed by atoms with van der Waals surface area (Å²) in [6, 6.07) is 0. The van der Waals surface area contributed by atoms with Gasteiger partial charge in [0, 0.05) is 19.6 Å². The van der Waals surface area contributed by atoms with Gasteiger partial charge in [-0.15, -0.1) is 0 Å². The second-order valence-corrected chi connectivity index (χ2v) is 8.54. The van der Waals surface area contributed by atoms with Gasteiger partial charge in [-0.1, -0.05) is 13.8 Å². The molecule has 22 heavy (non-hydrogen) atoms. The topological polar surface area (TPSA) is 48.1 Å². The fourth-order valence-corrected chi connectivity index (χ4v) is 4.06. The molecule has 1 spiro atoms. The standard InChI is InChI=1S/C17H33N5/c1-16(2)4-10-21(11-5-16)14-22-12-15(18)19-17(13-22)6-8-20(3)9-7-17/h4-14H2,1-3H3,(H2,18,19). The number of aliphatic imine (C=N–C) groups is 1. The lowest BCUT2D eigenvalue weighted by molar-refractivity contribution is 0.0526. The molecule has 3 heterocycles. The Hall–Kier alpha value is -0.650. The Bertz CT molecular complexity index is 413. The van der Waals surface area contributed by atoms with Crippen LogP contribution in [0.2, 0.25) is 0 Å². The molecule has 0 atom stereocenters. The molecule has 3 aliphatic rings. The highest BCUT2D eigenvalue weighted by Gasteiger charge is 2.38. The number of nitrogens with zero attached hydrogens (tertiary/aromatic N) is 4. The summed E-state index contributed by atoms with van der Waals surface area (Å²) in [6.07, 6.45) is 4.90. The molecule has 0 bridgehead atoms. The lowest BCUT2D eigenvalue weighted by Gasteiger charge is -2.46. The number of amidine groups is 1. The van der Waals surface area contributed by atoms with Crippen LogP contribution in [-0.2, 0) is 0 Å². The van der Waals surface area contributed by atoms with E-state index in [0.717, 1.165) is 51.5 Å². The van der Waals surface area contributed by atoms with E-state index in [4.69, 9.17) is 10.7 Å². The molecule has 0 unspecified atom stereocenters. The Morgan fingerprint density at radius 2 is 1.64 bits per heavy atom. The molecular formula is C17H33N5. The van der Waals surface area contributed by atoms with Crippen LogP contribution in [0.4, 0.5) is 0 Å². The lowest BCUT2D eigenvalue weighted by Crippen LogP contribution is -2.57. The zero-order valence-electron chi connectivity index (χ0n) is 14.6. The van der Waals surface area contributed by atoms with Gasteiger partial charge in [0.2, 0.25) is 0 Å². The van der Waals surface area contributed by atoms with Crippen LogP contribution in [0.5, 0.6) is 0 Å². The molecule has 0 aromatic carbocycles. The summed E-state index contributed by atoms with van der Waals surface area (Å²) in [7, 11) is 2.20. The van der Waals surface area contributed by atoms with Gasteiger partial charge in [0.1, 0.15) is 5.84 Å². The summed E-state index contributed by atoms with van der Waals surface area (Å²) in [6.45, 7) is 12.5. The van der Waals surface area contributed by atoms with E-state index in [9.17, 15) is 0 Å². The smallest absolute Gasteiger partial charge is 0.109 e. The summed E-state index contributed by atoms with van der Waals surface area (Å²) in [5, 5.41) is 0. The monoisotopic (exact) mass is 307 g/mol. The summed E-state index contributed by atoms with van der Waals surface area (Å²) < 4.78 is 0. The van der Waals surface area contributed by atoms with Gasteiger partial charge in [-0.05, 0) is 51.2 Å². The Balaban J connectivity index is 1.58. The number of likely N-dealkylation sites (tertiary alicyclic amines) is 2. The van der Waals surface area contributed by atoms with E-state index in [0.29, 0.717) is 5.41 Å². The summed E-state index contributed by atoms with van der Waals surface area (Å²) in [5.41, 5.74) is 6.80. The van der Waals surface area contributed by atoms with Gasteiger partial charge in [-0.2, -0.15) is 0 Å². The van der Waals surface area contributed by atoms with Crippen LogP contribution < -0.4 is 5.73 Å². The van der Waals surface area contributed by atoms with E-state index in [1.165, 1.54) is 25.9 Å². The first-order valence-corrected chi connectivity index (χ1v) is 8.83. The highest BCUT2D eigenvalue weighted by atomic mass is 15.3. The van der Waals surface area contributed by atoms with Crippen LogP contribution in [0.1, 0.15) is 39.5 Å². The van der Waals surface area contributed by atoms with E-state index >= 15 is 0 Å². The summed E-state index contributed by atoms with van der Waals surface area (Å²) in [5.74, 6) is 0.841. The van der Waals surface area contributed by atoms with Crippen molar-refractivity contribution in [3.8, 4) is 0 Å². The van der Waals surface area contributed by atoms with Gasteiger partial charge in [0.15, 0.2) is 0 Å². The van der Waals surface area contributed by atoms with Crippen LogP contribution in [0, 0.1) is 5.41 Å². The van der Waals surface area contributed by atoms with Crippen molar-refractivity contribution in [2.45, 2.75) is 45.1 Å². The zero-order valence-corrected chi connectivity index (χ0v) is 14.6. The molecule has 126 valence electrons. The minimum atomic E-state index is 0.0872. The van der Waals surface area contributed by atoms with Crippen molar-refractivity contribution < 1.29 is 0 Å². The van der Waals surface area contributed by atoms with Gasteiger partial charge < -0.3 is 10.6 Å². The lowest BCUT2D eigenvalue weighted by atomic mass is 9.83. The van der Waals surface area contributed by atoms with Gasteiger partial charge in [0.05, 0.1) is 18.8 Å². The van der Waals surface area contributed by atoms with Gasteiger partial charge in [-0.3, -0.25) is 14.8 Å². The molecule has 3 aliphatic heterocycles. The molecular weight excluding hydrogens is 274 g/mol. The first kappa shape index (κ1) is 16.2. The SMILES string of the molecule is CN1CCC2(CC1)CN(CN1CCC(C)(C)CC1)CC(N)=N2. The van der Waals surface area contributed by atoms with Crippen LogP contribution in [0.25, 0.3) is 0 Å². The van der Waals surface area contributed by atoms with Crippen molar-refractivity contribution in [1.29, 1.82) is 0 Å². The molecule has 0 saturated carbocycles. The molecule has 0 aliphatic carbocycles. The molecule has 0 amide bonds. The van der Waals surface area contributed by atoms with Crippen molar-refractivity contribution in [1.82, 2.24) is 14.7 Å². The quantitative estimate of drug-likeness (QED) is 0.833. The van der Waals surface area contributed by atoms with Crippen molar-refractivity contribution in [2.24, 2.45) is 16.1 Å². The van der Waals surface area contributed by atoms with E-state index in [1.807, 2.05) is 0 Å². The van der Waals surface area contributed by atoms with Gasteiger partial charge >= 0.3 is 0 Å². The third-order valence-corrected chi connectivity index (χ3v) is 5.81. The average Bonchev–Trinajstić information content (AvgIpc) is 2.44. The van der Waals surface area contributed by atoms with E-state index < -0.39 is 0 Å². The second kappa shape index (κ2) is 6.10. The minimum absolute atomic E-state index is 0.0872. The van der Waals surface area contributed by atoms with Crippen LogP contribution in [0.3, 0.4) is 0 Å². The highest BCUT2D eigenvalue weighted by Crippen LogP contribution is 2.32. The predicted octanol–water partition coefficient (Wildman–Crippen LogP) is 1.20. The highest BCUT2D eigenvalue weighted by molar-refractivity contribution is 5.83. The second-order valence-electron chi connectivity index (χ2n) is 8.54. The molecule has 3 rings (SSSR count). The van der Waals surface area contributed by atoms with Crippen molar-refractivity contribution in [2.75, 3.05) is 53.0 Å². The third-order valence-electron chi connectivity index (χ3n) is 5.81.